The summed E-state index contributed by atoms with van der Waals surface area (Å²) in [4.78, 5) is 0. The van der Waals surface area contributed by atoms with E-state index in [0.29, 0.717) is 6.54 Å². The van der Waals surface area contributed by atoms with Crippen molar-refractivity contribution in [3.05, 3.63) is 0 Å². The molecule has 3 N–H and O–H groups in total. The monoisotopic (exact) mass is 159 g/mol. The third kappa shape index (κ3) is 2.15. The van der Waals surface area contributed by atoms with Gasteiger partial charge in [0.05, 0.1) is 32.8 Å². The van der Waals surface area contributed by atoms with Crippen LogP contribution in [0.15, 0.2) is 0 Å². The minimum absolute atomic E-state index is 0.410. The number of rotatable bonds is 1. The van der Waals surface area contributed by atoms with Gasteiger partial charge in [-0.15, -0.1) is 0 Å². The fourth-order valence-electron chi connectivity index (χ4n) is 1.46. The van der Waals surface area contributed by atoms with E-state index in [1.807, 2.05) is 0 Å². The number of hydrogen-bond donors (Lipinski definition) is 2. The highest BCUT2D eigenvalue weighted by Gasteiger charge is 2.35. The van der Waals surface area contributed by atoms with Gasteiger partial charge in [0.15, 0.2) is 0 Å². The Kier molecular flexibility index (Phi) is 2.23. The van der Waals surface area contributed by atoms with Crippen molar-refractivity contribution in [1.82, 2.24) is 0 Å². The van der Waals surface area contributed by atoms with Gasteiger partial charge in [0.1, 0.15) is 0 Å². The van der Waals surface area contributed by atoms with E-state index < -0.39 is 5.60 Å². The fraction of sp³-hybridized carbons (Fsp3) is 1.00. The number of nitrogens with two attached hydrogens (primary N) is 1. The minimum atomic E-state index is -0.562. The van der Waals surface area contributed by atoms with Crippen LogP contribution < -0.4 is 5.73 Å². The highest BCUT2D eigenvalue weighted by Crippen LogP contribution is 2.23. The standard InChI is InChI=1S/C8H19N2O/c1-10(2)5-3-8(11,7-9)4-6-10/h11H,3-7,9H2,1-2H3/q+1. The number of likely N-dealkylation sites (tertiary alicyclic amines) is 1. The molecule has 0 amide bonds. The van der Waals surface area contributed by atoms with Crippen LogP contribution in [0.1, 0.15) is 12.8 Å². The number of nitrogens with zero attached hydrogens (tertiary/aromatic N) is 1. The molecule has 0 aromatic rings. The number of piperidine rings is 1. The second-order valence-electron chi connectivity index (χ2n) is 4.31. The molecule has 0 atom stereocenters. The van der Waals surface area contributed by atoms with Gasteiger partial charge < -0.3 is 15.3 Å². The maximum Gasteiger partial charge on any atom is 0.0876 e. The molecule has 0 saturated carbocycles. The van der Waals surface area contributed by atoms with E-state index in [1.165, 1.54) is 0 Å². The van der Waals surface area contributed by atoms with Crippen molar-refractivity contribution in [2.45, 2.75) is 18.4 Å². The molecule has 0 bridgehead atoms. The Bertz CT molecular complexity index is 135. The summed E-state index contributed by atoms with van der Waals surface area (Å²) in [6.45, 7) is 2.48. The van der Waals surface area contributed by atoms with Crippen molar-refractivity contribution in [2.24, 2.45) is 5.73 Å². The Balaban J connectivity index is 2.48. The van der Waals surface area contributed by atoms with Crippen LogP contribution in [0.3, 0.4) is 0 Å². The van der Waals surface area contributed by atoms with Crippen LogP contribution in [0.25, 0.3) is 0 Å². The van der Waals surface area contributed by atoms with Gasteiger partial charge in [-0.3, -0.25) is 0 Å². The highest BCUT2D eigenvalue weighted by atomic mass is 16.3. The Morgan fingerprint density at radius 2 is 1.82 bits per heavy atom. The molecule has 1 aliphatic heterocycles. The molecule has 0 aromatic heterocycles. The van der Waals surface area contributed by atoms with Gasteiger partial charge in [0, 0.05) is 19.4 Å². The summed E-state index contributed by atoms with van der Waals surface area (Å²) in [5, 5.41) is 9.78. The predicted molar refractivity (Wildman–Crippen MR) is 45.1 cm³/mol. The van der Waals surface area contributed by atoms with Crippen molar-refractivity contribution in [3.63, 3.8) is 0 Å². The molecular formula is C8H19N2O+. The average molecular weight is 159 g/mol. The summed E-state index contributed by atoms with van der Waals surface area (Å²) >= 11 is 0. The first-order chi connectivity index (χ1) is 4.97. The zero-order valence-electron chi connectivity index (χ0n) is 7.51. The topological polar surface area (TPSA) is 46.2 Å². The Labute approximate surface area is 68.4 Å². The summed E-state index contributed by atoms with van der Waals surface area (Å²) in [5.74, 6) is 0. The second-order valence-corrected chi connectivity index (χ2v) is 4.31. The Morgan fingerprint density at radius 3 is 2.18 bits per heavy atom. The molecule has 0 aromatic carbocycles. The van der Waals surface area contributed by atoms with E-state index in [2.05, 4.69) is 14.1 Å². The smallest absolute Gasteiger partial charge is 0.0876 e. The summed E-state index contributed by atoms with van der Waals surface area (Å²) in [6, 6.07) is 0. The lowest BCUT2D eigenvalue weighted by Crippen LogP contribution is -2.54. The SMILES string of the molecule is C[N+]1(C)CCC(O)(CN)CC1. The first kappa shape index (κ1) is 8.97. The molecule has 1 aliphatic rings. The molecule has 3 nitrogen and oxygen atoms in total. The van der Waals surface area contributed by atoms with Gasteiger partial charge >= 0.3 is 0 Å². The zero-order chi connectivity index (χ0) is 8.54. The van der Waals surface area contributed by atoms with Crippen LogP contribution in [0.4, 0.5) is 0 Å². The molecule has 3 heteroatoms. The summed E-state index contributed by atoms with van der Waals surface area (Å²) in [7, 11) is 4.38. The minimum Gasteiger partial charge on any atom is -0.388 e. The van der Waals surface area contributed by atoms with Gasteiger partial charge in [0.25, 0.3) is 0 Å². The number of quaternary nitrogens is 1. The van der Waals surface area contributed by atoms with Gasteiger partial charge in [-0.05, 0) is 0 Å². The summed E-state index contributed by atoms with van der Waals surface area (Å²) in [6.07, 6.45) is 1.69. The van der Waals surface area contributed by atoms with Gasteiger partial charge in [-0.2, -0.15) is 0 Å². The maximum absolute atomic E-state index is 9.78. The highest BCUT2D eigenvalue weighted by molar-refractivity contribution is 4.81. The van der Waals surface area contributed by atoms with E-state index in [9.17, 15) is 5.11 Å². The quantitative estimate of drug-likeness (QED) is 0.509. The largest absolute Gasteiger partial charge is 0.388 e. The van der Waals surface area contributed by atoms with Gasteiger partial charge in [-0.25, -0.2) is 0 Å². The number of hydrogen-bond acceptors (Lipinski definition) is 2. The number of aliphatic hydroxyl groups is 1. The fourth-order valence-corrected chi connectivity index (χ4v) is 1.46. The van der Waals surface area contributed by atoms with E-state index in [-0.39, 0.29) is 0 Å². The summed E-state index contributed by atoms with van der Waals surface area (Å²) < 4.78 is 1.02. The third-order valence-corrected chi connectivity index (χ3v) is 2.74. The average Bonchev–Trinajstić information content (AvgIpc) is 1.97. The van der Waals surface area contributed by atoms with Crippen molar-refractivity contribution in [3.8, 4) is 0 Å². The molecule has 1 saturated heterocycles. The lowest BCUT2D eigenvalue weighted by atomic mass is 9.91. The van der Waals surface area contributed by atoms with Crippen LogP contribution in [0, 0.1) is 0 Å². The molecule has 0 aliphatic carbocycles. The van der Waals surface area contributed by atoms with Crippen LogP contribution >= 0.6 is 0 Å². The first-order valence-corrected chi connectivity index (χ1v) is 4.22. The first-order valence-electron chi connectivity index (χ1n) is 4.22. The molecule has 11 heavy (non-hydrogen) atoms. The second kappa shape index (κ2) is 2.73. The van der Waals surface area contributed by atoms with Gasteiger partial charge in [-0.1, -0.05) is 0 Å². The van der Waals surface area contributed by atoms with E-state index >= 15 is 0 Å². The van der Waals surface area contributed by atoms with Gasteiger partial charge in [0.2, 0.25) is 0 Å². The molecule has 0 unspecified atom stereocenters. The van der Waals surface area contributed by atoms with Crippen molar-refractivity contribution < 1.29 is 9.59 Å². The lowest BCUT2D eigenvalue weighted by molar-refractivity contribution is -0.897. The predicted octanol–water partition coefficient (Wildman–Crippen LogP) is -0.454. The molecule has 66 valence electrons. The zero-order valence-corrected chi connectivity index (χ0v) is 7.51. The molecule has 1 heterocycles. The van der Waals surface area contributed by atoms with Crippen molar-refractivity contribution in [1.29, 1.82) is 0 Å². The molecule has 0 spiro atoms. The normalized spacial score (nSPS) is 28.4. The third-order valence-electron chi connectivity index (χ3n) is 2.74. The molecule has 1 fully saturated rings. The Morgan fingerprint density at radius 1 is 1.36 bits per heavy atom. The van der Waals surface area contributed by atoms with Crippen LogP contribution in [-0.2, 0) is 0 Å². The molecular weight excluding hydrogens is 140 g/mol. The maximum atomic E-state index is 9.78. The van der Waals surface area contributed by atoms with Crippen LogP contribution in [-0.4, -0.2) is 48.9 Å². The molecule has 0 radical (unpaired) electrons. The summed E-state index contributed by atoms with van der Waals surface area (Å²) in [5.41, 5.74) is 4.91. The Hall–Kier alpha value is -0.120. The molecule has 1 rings (SSSR count). The van der Waals surface area contributed by atoms with Crippen molar-refractivity contribution >= 4 is 0 Å². The van der Waals surface area contributed by atoms with Crippen LogP contribution in [0.5, 0.6) is 0 Å². The van der Waals surface area contributed by atoms with E-state index in [0.717, 1.165) is 30.4 Å². The van der Waals surface area contributed by atoms with Crippen LogP contribution in [0.2, 0.25) is 0 Å². The lowest BCUT2D eigenvalue weighted by Gasteiger charge is -2.41. The van der Waals surface area contributed by atoms with E-state index in [4.69, 9.17) is 5.73 Å². The van der Waals surface area contributed by atoms with Crippen molar-refractivity contribution in [2.75, 3.05) is 33.7 Å². The van der Waals surface area contributed by atoms with E-state index in [1.54, 1.807) is 0 Å².